The van der Waals surface area contributed by atoms with Crippen molar-refractivity contribution >= 4 is 11.6 Å². The van der Waals surface area contributed by atoms with Crippen LogP contribution in [0.2, 0.25) is 5.02 Å². The predicted molar refractivity (Wildman–Crippen MR) is 36.6 cm³/mol. The van der Waals surface area contributed by atoms with Crippen LogP contribution in [-0.2, 0) is 11.3 Å². The van der Waals surface area contributed by atoms with E-state index in [1.807, 2.05) is 0 Å². The average Bonchev–Trinajstić information content (AvgIpc) is 1.83. The Morgan fingerprint density at radius 3 is 2.25 bits per heavy atom. The van der Waals surface area contributed by atoms with E-state index in [2.05, 4.69) is 0 Å². The van der Waals surface area contributed by atoms with Crippen LogP contribution in [0.1, 0.15) is 5.56 Å². The van der Waals surface area contributed by atoms with Gasteiger partial charge in [0.1, 0.15) is 0 Å². The van der Waals surface area contributed by atoms with Crippen LogP contribution in [0.5, 0.6) is 5.75 Å². The van der Waals surface area contributed by atoms with Crippen molar-refractivity contribution < 1.29 is 18.3 Å². The molecule has 0 fully saturated rings. The minimum atomic E-state index is -4.50. The van der Waals surface area contributed by atoms with E-state index in [1.165, 1.54) is 0 Å². The number of hydrogen-bond acceptors (Lipinski definition) is 0. The molecular weight excluding hydrogens is 193 g/mol. The first kappa shape index (κ1) is 9.19. The van der Waals surface area contributed by atoms with Crippen molar-refractivity contribution in [2.24, 2.45) is 0 Å². The average molecular weight is 196 g/mol. The number of alkyl halides is 3. The number of halogens is 4. The lowest BCUT2D eigenvalue weighted by molar-refractivity contribution is -0.137. The zero-order chi connectivity index (χ0) is 9.35. The van der Waals surface area contributed by atoms with Gasteiger partial charge in [-0.2, -0.15) is 13.2 Å². The fourth-order valence-electron chi connectivity index (χ4n) is 0.726. The summed E-state index contributed by atoms with van der Waals surface area (Å²) in [5, 5.41) is 9.96. The molecular formula is C7H3ClF3O. The van der Waals surface area contributed by atoms with Gasteiger partial charge < -0.3 is 0 Å². The fraction of sp³-hybridized carbons (Fsp3) is 0.143. The van der Waals surface area contributed by atoms with Crippen molar-refractivity contribution in [2.45, 2.75) is 6.18 Å². The summed E-state index contributed by atoms with van der Waals surface area (Å²) >= 11 is 5.19. The lowest BCUT2D eigenvalue weighted by Crippen LogP contribution is -2.05. The summed E-state index contributed by atoms with van der Waals surface area (Å²) in [5.74, 6) is -0.534. The first-order chi connectivity index (χ1) is 5.41. The lowest BCUT2D eigenvalue weighted by atomic mass is 10.2. The van der Waals surface area contributed by atoms with Crippen molar-refractivity contribution in [2.75, 3.05) is 0 Å². The molecule has 0 N–H and O–H groups in total. The third kappa shape index (κ3) is 1.82. The summed E-state index contributed by atoms with van der Waals surface area (Å²) < 4.78 is 36.0. The highest BCUT2D eigenvalue weighted by atomic mass is 35.5. The van der Waals surface area contributed by atoms with Crippen LogP contribution in [0.4, 0.5) is 13.2 Å². The van der Waals surface area contributed by atoms with Gasteiger partial charge in [-0.15, -0.1) is 0 Å². The second kappa shape index (κ2) is 2.86. The van der Waals surface area contributed by atoms with Crippen molar-refractivity contribution in [3.05, 3.63) is 28.8 Å². The van der Waals surface area contributed by atoms with Gasteiger partial charge in [-0.05, 0) is 12.1 Å². The zero-order valence-electron chi connectivity index (χ0n) is 5.65. The summed E-state index contributed by atoms with van der Waals surface area (Å²) in [6.07, 6.45) is -4.50. The van der Waals surface area contributed by atoms with E-state index in [-0.39, 0.29) is 0 Å². The lowest BCUT2D eigenvalue weighted by Gasteiger charge is -2.07. The standard InChI is InChI=1S/C7H3ClF3O/c8-6-3-4(12)1-2-5(6)7(9,10)11/h1-3H. The van der Waals surface area contributed by atoms with Crippen LogP contribution in [0.25, 0.3) is 0 Å². The van der Waals surface area contributed by atoms with E-state index < -0.39 is 22.5 Å². The van der Waals surface area contributed by atoms with Crippen molar-refractivity contribution in [3.8, 4) is 5.75 Å². The highest BCUT2D eigenvalue weighted by Crippen LogP contribution is 2.35. The molecule has 1 aromatic rings. The SMILES string of the molecule is [O]c1ccc(C(F)(F)F)c(Cl)c1. The highest BCUT2D eigenvalue weighted by molar-refractivity contribution is 6.31. The summed E-state index contributed by atoms with van der Waals surface area (Å²) in [6, 6.07) is 2.24. The van der Waals surface area contributed by atoms with E-state index in [9.17, 15) is 18.3 Å². The van der Waals surface area contributed by atoms with Crippen molar-refractivity contribution in [1.82, 2.24) is 0 Å². The Kier molecular flexibility index (Phi) is 2.19. The Labute approximate surface area is 71.4 Å². The Balaban J connectivity index is 3.19. The van der Waals surface area contributed by atoms with Crippen LogP contribution in [0, 0.1) is 0 Å². The van der Waals surface area contributed by atoms with Crippen LogP contribution >= 0.6 is 11.6 Å². The maximum Gasteiger partial charge on any atom is 0.417 e. The normalized spacial score (nSPS) is 11.7. The van der Waals surface area contributed by atoms with E-state index >= 15 is 0 Å². The third-order valence-corrected chi connectivity index (χ3v) is 1.56. The molecule has 0 aliphatic carbocycles. The van der Waals surface area contributed by atoms with Crippen LogP contribution in [0.15, 0.2) is 18.2 Å². The molecule has 0 aromatic heterocycles. The second-order valence-corrected chi connectivity index (χ2v) is 2.55. The molecule has 0 amide bonds. The second-order valence-electron chi connectivity index (χ2n) is 2.14. The Morgan fingerprint density at radius 2 is 1.83 bits per heavy atom. The van der Waals surface area contributed by atoms with Gasteiger partial charge in [-0.3, -0.25) is 5.11 Å². The molecule has 0 aliphatic heterocycles. The van der Waals surface area contributed by atoms with Gasteiger partial charge in [0.15, 0.2) is 5.75 Å². The van der Waals surface area contributed by atoms with Gasteiger partial charge in [0.05, 0.1) is 10.6 Å². The van der Waals surface area contributed by atoms with Gasteiger partial charge in [0, 0.05) is 6.07 Å². The fourth-order valence-corrected chi connectivity index (χ4v) is 1.00. The molecule has 0 atom stereocenters. The van der Waals surface area contributed by atoms with Crippen molar-refractivity contribution in [3.63, 3.8) is 0 Å². The number of benzene rings is 1. The molecule has 1 radical (unpaired) electrons. The molecule has 1 aromatic carbocycles. The Hall–Kier alpha value is -0.900. The summed E-state index contributed by atoms with van der Waals surface area (Å²) in [5.41, 5.74) is -0.983. The molecule has 1 rings (SSSR count). The van der Waals surface area contributed by atoms with Gasteiger partial charge in [0.2, 0.25) is 0 Å². The smallest absolute Gasteiger partial charge is 0.290 e. The van der Waals surface area contributed by atoms with Gasteiger partial charge in [0.25, 0.3) is 0 Å². The van der Waals surface area contributed by atoms with E-state index in [0.29, 0.717) is 6.07 Å². The zero-order valence-corrected chi connectivity index (χ0v) is 6.41. The molecule has 0 saturated heterocycles. The molecule has 1 nitrogen and oxygen atoms in total. The molecule has 12 heavy (non-hydrogen) atoms. The summed E-state index contributed by atoms with van der Waals surface area (Å²) in [4.78, 5) is 0. The maximum absolute atomic E-state index is 12.0. The monoisotopic (exact) mass is 195 g/mol. The largest absolute Gasteiger partial charge is 0.417 e. The molecule has 0 unspecified atom stereocenters. The van der Waals surface area contributed by atoms with Gasteiger partial charge >= 0.3 is 6.18 Å². The highest BCUT2D eigenvalue weighted by Gasteiger charge is 2.33. The molecule has 65 valence electrons. The minimum absolute atomic E-state index is 0.534. The van der Waals surface area contributed by atoms with Gasteiger partial charge in [-0.1, -0.05) is 11.6 Å². The first-order valence-electron chi connectivity index (χ1n) is 2.95. The van der Waals surface area contributed by atoms with E-state index in [4.69, 9.17) is 11.6 Å². The van der Waals surface area contributed by atoms with Crippen molar-refractivity contribution in [1.29, 1.82) is 0 Å². The molecule has 0 spiro atoms. The molecule has 0 bridgehead atoms. The molecule has 0 heterocycles. The Bertz CT molecular complexity index is 295. The van der Waals surface area contributed by atoms with E-state index in [1.54, 1.807) is 0 Å². The molecule has 0 saturated carbocycles. The quantitative estimate of drug-likeness (QED) is 0.604. The van der Waals surface area contributed by atoms with Gasteiger partial charge in [-0.25, -0.2) is 0 Å². The number of hydrogen-bond donors (Lipinski definition) is 0. The minimum Gasteiger partial charge on any atom is -0.290 e. The summed E-state index contributed by atoms with van der Waals surface area (Å²) in [6.45, 7) is 0. The topological polar surface area (TPSA) is 19.9 Å². The van der Waals surface area contributed by atoms with Crippen LogP contribution in [0.3, 0.4) is 0 Å². The van der Waals surface area contributed by atoms with Crippen LogP contribution in [-0.4, -0.2) is 0 Å². The predicted octanol–water partition coefficient (Wildman–Crippen LogP) is 3.50. The molecule has 5 heteroatoms. The Morgan fingerprint density at radius 1 is 1.25 bits per heavy atom. The van der Waals surface area contributed by atoms with E-state index in [0.717, 1.165) is 12.1 Å². The summed E-state index contributed by atoms with van der Waals surface area (Å²) in [7, 11) is 0. The van der Waals surface area contributed by atoms with Crippen LogP contribution < -0.4 is 0 Å². The number of rotatable bonds is 0. The maximum atomic E-state index is 12.0. The first-order valence-corrected chi connectivity index (χ1v) is 3.33. The third-order valence-electron chi connectivity index (χ3n) is 1.25. The molecule has 0 aliphatic rings.